The first kappa shape index (κ1) is 20.9. The third-order valence-corrected chi connectivity index (χ3v) is 5.86. The van der Waals surface area contributed by atoms with Crippen molar-refractivity contribution >= 4 is 40.2 Å². The van der Waals surface area contributed by atoms with Crippen molar-refractivity contribution in [2.75, 3.05) is 19.5 Å². The second-order valence-corrected chi connectivity index (χ2v) is 7.69. The summed E-state index contributed by atoms with van der Waals surface area (Å²) >= 11 is 6.63. The topological polar surface area (TPSA) is 82.9 Å². The van der Waals surface area contributed by atoms with E-state index in [1.807, 2.05) is 62.6 Å². The van der Waals surface area contributed by atoms with E-state index in [1.165, 1.54) is 0 Å². The summed E-state index contributed by atoms with van der Waals surface area (Å²) in [7, 11) is 3.47. The van der Waals surface area contributed by atoms with E-state index in [9.17, 15) is 0 Å². The Bertz CT molecular complexity index is 1190. The van der Waals surface area contributed by atoms with Gasteiger partial charge in [-0.15, -0.1) is 0 Å². The predicted molar refractivity (Wildman–Crippen MR) is 126 cm³/mol. The molecular weight excluding hydrogens is 410 g/mol. The molecule has 3 aromatic rings. The summed E-state index contributed by atoms with van der Waals surface area (Å²) in [6.45, 7) is 1.97. The van der Waals surface area contributed by atoms with Crippen molar-refractivity contribution < 1.29 is 4.74 Å². The molecule has 4 rings (SSSR count). The minimum atomic E-state index is 0.446. The van der Waals surface area contributed by atoms with E-state index in [-0.39, 0.29) is 0 Å². The largest absolute Gasteiger partial charge is 0.495 e. The Kier molecular flexibility index (Phi) is 5.91. The first-order valence-corrected chi connectivity index (χ1v) is 10.4. The van der Waals surface area contributed by atoms with Gasteiger partial charge < -0.3 is 20.8 Å². The third-order valence-electron chi connectivity index (χ3n) is 5.36. The van der Waals surface area contributed by atoms with E-state index in [4.69, 9.17) is 26.7 Å². The number of fused-ring (bicyclic) bond motifs is 1. The summed E-state index contributed by atoms with van der Waals surface area (Å²) in [5, 5.41) is 15.9. The molecule has 0 aliphatic heterocycles. The molecule has 0 atom stereocenters. The Morgan fingerprint density at radius 3 is 2.71 bits per heavy atom. The maximum atomic E-state index is 8.70. The molecule has 0 fully saturated rings. The van der Waals surface area contributed by atoms with Crippen LogP contribution in [-0.4, -0.2) is 29.8 Å². The molecule has 7 heteroatoms. The summed E-state index contributed by atoms with van der Waals surface area (Å²) in [5.41, 5.74) is 6.43. The van der Waals surface area contributed by atoms with Crippen LogP contribution < -0.4 is 15.4 Å². The van der Waals surface area contributed by atoms with Crippen LogP contribution >= 0.6 is 11.6 Å². The zero-order valence-corrected chi connectivity index (χ0v) is 18.5. The van der Waals surface area contributed by atoms with Crippen LogP contribution in [0.25, 0.3) is 11.3 Å². The highest BCUT2D eigenvalue weighted by molar-refractivity contribution is 6.35. The van der Waals surface area contributed by atoms with Crippen LogP contribution in [0.3, 0.4) is 0 Å². The Labute approximate surface area is 186 Å². The SMILES string of the molecule is CN/C(=C1\C(=N)CCc2cnc(Nc3ccccc3OC)nc21)c1cccc(C)c1Cl. The number of allylic oxidation sites excluding steroid dienone is 1. The van der Waals surface area contributed by atoms with Gasteiger partial charge in [-0.1, -0.05) is 41.9 Å². The summed E-state index contributed by atoms with van der Waals surface area (Å²) in [6.07, 6.45) is 3.18. The maximum absolute atomic E-state index is 8.70. The van der Waals surface area contributed by atoms with Gasteiger partial charge in [-0.25, -0.2) is 9.97 Å². The Morgan fingerprint density at radius 2 is 1.94 bits per heavy atom. The van der Waals surface area contributed by atoms with Gasteiger partial charge in [0.05, 0.1) is 29.2 Å². The minimum Gasteiger partial charge on any atom is -0.495 e. The fourth-order valence-corrected chi connectivity index (χ4v) is 3.99. The van der Waals surface area contributed by atoms with Crippen LogP contribution in [-0.2, 0) is 6.42 Å². The van der Waals surface area contributed by atoms with E-state index in [2.05, 4.69) is 15.6 Å². The Hall–Kier alpha value is -3.38. The third kappa shape index (κ3) is 3.99. The summed E-state index contributed by atoms with van der Waals surface area (Å²) < 4.78 is 5.42. The molecule has 0 bridgehead atoms. The first-order chi connectivity index (χ1) is 15.0. The van der Waals surface area contributed by atoms with Crippen LogP contribution in [0.4, 0.5) is 11.6 Å². The van der Waals surface area contributed by atoms with Crippen molar-refractivity contribution in [2.45, 2.75) is 19.8 Å². The monoisotopic (exact) mass is 433 g/mol. The predicted octanol–water partition coefficient (Wildman–Crippen LogP) is 5.24. The zero-order valence-electron chi connectivity index (χ0n) is 17.7. The molecule has 1 aliphatic rings. The molecule has 3 N–H and O–H groups in total. The lowest BCUT2D eigenvalue weighted by Gasteiger charge is -2.24. The van der Waals surface area contributed by atoms with Crippen molar-refractivity contribution in [1.82, 2.24) is 15.3 Å². The van der Waals surface area contributed by atoms with Crippen molar-refractivity contribution in [3.8, 4) is 5.75 Å². The summed E-state index contributed by atoms with van der Waals surface area (Å²) in [4.78, 5) is 9.30. The van der Waals surface area contributed by atoms with Gasteiger partial charge in [-0.2, -0.15) is 0 Å². The molecule has 2 aromatic carbocycles. The summed E-state index contributed by atoms with van der Waals surface area (Å²) in [6, 6.07) is 13.5. The molecule has 0 saturated heterocycles. The van der Waals surface area contributed by atoms with Crippen molar-refractivity contribution in [3.05, 3.63) is 76.1 Å². The number of nitrogens with one attached hydrogen (secondary N) is 3. The van der Waals surface area contributed by atoms with E-state index in [1.54, 1.807) is 7.11 Å². The van der Waals surface area contributed by atoms with Crippen molar-refractivity contribution in [3.63, 3.8) is 0 Å². The number of benzene rings is 2. The lowest BCUT2D eigenvalue weighted by molar-refractivity contribution is 0.417. The van der Waals surface area contributed by atoms with Gasteiger partial charge in [0.25, 0.3) is 0 Å². The number of nitrogens with zero attached hydrogens (tertiary/aromatic N) is 2. The molecule has 1 aromatic heterocycles. The number of halogens is 1. The fraction of sp³-hybridized carbons (Fsp3) is 0.208. The molecule has 31 heavy (non-hydrogen) atoms. The van der Waals surface area contributed by atoms with Gasteiger partial charge in [-0.05, 0) is 43.0 Å². The number of ether oxygens (including phenoxy) is 1. The molecule has 1 aliphatic carbocycles. The number of aryl methyl sites for hydroxylation is 2. The molecule has 1 heterocycles. The van der Waals surface area contributed by atoms with E-state index in [0.29, 0.717) is 28.9 Å². The van der Waals surface area contributed by atoms with Crippen LogP contribution in [0.2, 0.25) is 5.02 Å². The molecule has 6 nitrogen and oxygen atoms in total. The smallest absolute Gasteiger partial charge is 0.227 e. The zero-order chi connectivity index (χ0) is 22.0. The molecule has 0 saturated carbocycles. The van der Waals surface area contributed by atoms with E-state index >= 15 is 0 Å². The van der Waals surface area contributed by atoms with Crippen LogP contribution in [0.15, 0.2) is 48.7 Å². The molecule has 0 spiro atoms. The Morgan fingerprint density at radius 1 is 1.13 bits per heavy atom. The van der Waals surface area contributed by atoms with Crippen LogP contribution in [0.5, 0.6) is 5.75 Å². The average Bonchev–Trinajstić information content (AvgIpc) is 2.78. The highest BCUT2D eigenvalue weighted by Crippen LogP contribution is 2.36. The maximum Gasteiger partial charge on any atom is 0.227 e. The fourth-order valence-electron chi connectivity index (χ4n) is 3.77. The summed E-state index contributed by atoms with van der Waals surface area (Å²) in [5.74, 6) is 1.15. The molecule has 0 radical (unpaired) electrons. The van der Waals surface area contributed by atoms with Gasteiger partial charge in [-0.3, -0.25) is 0 Å². The van der Waals surface area contributed by atoms with Gasteiger partial charge in [0.2, 0.25) is 5.95 Å². The lowest BCUT2D eigenvalue weighted by Crippen LogP contribution is -2.20. The van der Waals surface area contributed by atoms with Gasteiger partial charge in [0.15, 0.2) is 0 Å². The number of methoxy groups -OCH3 is 1. The highest BCUT2D eigenvalue weighted by atomic mass is 35.5. The number of anilines is 2. The second kappa shape index (κ2) is 8.78. The van der Waals surface area contributed by atoms with Crippen LogP contribution in [0.1, 0.15) is 28.8 Å². The van der Waals surface area contributed by atoms with Gasteiger partial charge >= 0.3 is 0 Å². The number of para-hydroxylation sites is 2. The Balaban J connectivity index is 1.85. The van der Waals surface area contributed by atoms with Crippen LogP contribution in [0, 0.1) is 12.3 Å². The van der Waals surface area contributed by atoms with E-state index < -0.39 is 0 Å². The van der Waals surface area contributed by atoms with Crippen molar-refractivity contribution in [2.24, 2.45) is 0 Å². The average molecular weight is 434 g/mol. The molecule has 158 valence electrons. The number of rotatable bonds is 5. The standard InChI is InChI=1S/C24H24ClN5O/c1-14-7-6-8-16(21(14)25)23(27-2)20-17(26)12-11-15-13-28-24(30-22(15)20)29-18-9-4-5-10-19(18)31-3/h4-10,13,26-27H,11-12H2,1-3H3,(H,28,29,30)/b23-20+,26-17?. The molecule has 0 unspecified atom stereocenters. The second-order valence-electron chi connectivity index (χ2n) is 7.31. The first-order valence-electron chi connectivity index (χ1n) is 10.0. The van der Waals surface area contributed by atoms with Gasteiger partial charge in [0, 0.05) is 30.1 Å². The highest BCUT2D eigenvalue weighted by Gasteiger charge is 2.26. The normalized spacial score (nSPS) is 14.6. The van der Waals surface area contributed by atoms with Gasteiger partial charge in [0.1, 0.15) is 5.75 Å². The molecular formula is C24H24ClN5O. The molecule has 0 amide bonds. The van der Waals surface area contributed by atoms with E-state index in [0.717, 1.165) is 45.8 Å². The van der Waals surface area contributed by atoms with Crippen molar-refractivity contribution in [1.29, 1.82) is 5.41 Å². The number of aromatic nitrogens is 2. The lowest BCUT2D eigenvalue weighted by atomic mass is 9.87. The quantitative estimate of drug-likeness (QED) is 0.512. The number of hydrogen-bond donors (Lipinski definition) is 3. The minimum absolute atomic E-state index is 0.446. The number of hydrogen-bond acceptors (Lipinski definition) is 6.